The third-order valence-corrected chi connectivity index (χ3v) is 3.88. The van der Waals surface area contributed by atoms with Crippen LogP contribution in [-0.2, 0) is 4.79 Å². The number of benzene rings is 1. The summed E-state index contributed by atoms with van der Waals surface area (Å²) >= 11 is 3.40. The highest BCUT2D eigenvalue weighted by Crippen LogP contribution is 2.30. The van der Waals surface area contributed by atoms with Gasteiger partial charge in [0.25, 0.3) is 0 Å². The Labute approximate surface area is 116 Å². The van der Waals surface area contributed by atoms with Crippen molar-refractivity contribution < 1.29 is 9.53 Å². The summed E-state index contributed by atoms with van der Waals surface area (Å²) in [6, 6.07) is 5.60. The van der Waals surface area contributed by atoms with Gasteiger partial charge in [-0.1, -0.05) is 28.8 Å². The van der Waals surface area contributed by atoms with E-state index in [0.29, 0.717) is 18.1 Å². The van der Waals surface area contributed by atoms with Gasteiger partial charge < -0.3 is 10.1 Å². The number of ether oxygens (including phenoxy) is 1. The first-order chi connectivity index (χ1) is 8.69. The maximum Gasteiger partial charge on any atom is 0.224 e. The van der Waals surface area contributed by atoms with Gasteiger partial charge in [0.05, 0.1) is 12.8 Å². The lowest BCUT2D eigenvalue weighted by atomic mass is 10.0. The van der Waals surface area contributed by atoms with Crippen LogP contribution in [0.15, 0.2) is 22.7 Å². The standard InChI is InChI=1S/C14H18BrNO2/c1-18-13-7-6-11(15)9-12(13)16-14(17)8-10-4-2-3-5-10/h6-7,9-10H,2-5,8H2,1H3,(H,16,17). The van der Waals surface area contributed by atoms with Crippen molar-refractivity contribution in [1.29, 1.82) is 0 Å². The van der Waals surface area contributed by atoms with E-state index in [9.17, 15) is 4.79 Å². The lowest BCUT2D eigenvalue weighted by Crippen LogP contribution is -2.15. The smallest absolute Gasteiger partial charge is 0.224 e. The summed E-state index contributed by atoms with van der Waals surface area (Å²) in [6.45, 7) is 0. The first-order valence-corrected chi connectivity index (χ1v) is 7.11. The van der Waals surface area contributed by atoms with Crippen LogP contribution in [-0.4, -0.2) is 13.0 Å². The molecular formula is C14H18BrNO2. The Morgan fingerprint density at radius 1 is 1.44 bits per heavy atom. The summed E-state index contributed by atoms with van der Waals surface area (Å²) in [5.74, 6) is 1.33. The zero-order valence-corrected chi connectivity index (χ0v) is 12.1. The maximum atomic E-state index is 12.0. The van der Waals surface area contributed by atoms with E-state index in [-0.39, 0.29) is 5.91 Å². The second-order valence-electron chi connectivity index (χ2n) is 4.75. The first kappa shape index (κ1) is 13.4. The Balaban J connectivity index is 1.99. The number of anilines is 1. The number of hydrogen-bond donors (Lipinski definition) is 1. The summed E-state index contributed by atoms with van der Waals surface area (Å²) in [5, 5.41) is 2.94. The summed E-state index contributed by atoms with van der Waals surface area (Å²) in [6.07, 6.45) is 5.51. The average molecular weight is 312 g/mol. The fourth-order valence-corrected chi connectivity index (χ4v) is 2.82. The third-order valence-electron chi connectivity index (χ3n) is 3.38. The lowest BCUT2D eigenvalue weighted by Gasteiger charge is -2.12. The van der Waals surface area contributed by atoms with Crippen LogP contribution in [0.2, 0.25) is 0 Å². The lowest BCUT2D eigenvalue weighted by molar-refractivity contribution is -0.117. The number of carbonyl (C=O) groups excluding carboxylic acids is 1. The minimum atomic E-state index is 0.0818. The van der Waals surface area contributed by atoms with Crippen LogP contribution in [0.5, 0.6) is 5.75 Å². The van der Waals surface area contributed by atoms with Gasteiger partial charge in [-0.3, -0.25) is 4.79 Å². The van der Waals surface area contributed by atoms with Gasteiger partial charge in [-0.05, 0) is 37.0 Å². The van der Waals surface area contributed by atoms with Crippen molar-refractivity contribution in [2.45, 2.75) is 32.1 Å². The predicted molar refractivity (Wildman–Crippen MR) is 75.9 cm³/mol. The first-order valence-electron chi connectivity index (χ1n) is 6.32. The molecule has 1 fully saturated rings. The van der Waals surface area contributed by atoms with E-state index in [1.54, 1.807) is 7.11 Å². The molecule has 0 atom stereocenters. The van der Waals surface area contributed by atoms with Crippen molar-refractivity contribution in [2.24, 2.45) is 5.92 Å². The topological polar surface area (TPSA) is 38.3 Å². The van der Waals surface area contributed by atoms with Crippen molar-refractivity contribution >= 4 is 27.5 Å². The molecule has 1 aromatic rings. The van der Waals surface area contributed by atoms with Crippen LogP contribution in [0.4, 0.5) is 5.69 Å². The molecule has 18 heavy (non-hydrogen) atoms. The van der Waals surface area contributed by atoms with Crippen LogP contribution >= 0.6 is 15.9 Å². The minimum absolute atomic E-state index is 0.0818. The Hall–Kier alpha value is -1.03. The number of carbonyl (C=O) groups is 1. The van der Waals surface area contributed by atoms with E-state index in [2.05, 4.69) is 21.2 Å². The summed E-state index contributed by atoms with van der Waals surface area (Å²) in [5.41, 5.74) is 0.731. The number of rotatable bonds is 4. The number of methoxy groups -OCH3 is 1. The molecule has 0 aliphatic heterocycles. The van der Waals surface area contributed by atoms with E-state index in [1.807, 2.05) is 18.2 Å². The Morgan fingerprint density at radius 2 is 2.17 bits per heavy atom. The molecule has 0 spiro atoms. The molecule has 0 bridgehead atoms. The second-order valence-corrected chi connectivity index (χ2v) is 5.66. The molecule has 0 heterocycles. The monoisotopic (exact) mass is 311 g/mol. The van der Waals surface area contributed by atoms with Crippen molar-refractivity contribution in [3.8, 4) is 5.75 Å². The molecule has 0 radical (unpaired) electrons. The van der Waals surface area contributed by atoms with Gasteiger partial charge >= 0.3 is 0 Å². The average Bonchev–Trinajstić information content (AvgIpc) is 2.82. The van der Waals surface area contributed by atoms with Gasteiger partial charge in [0.15, 0.2) is 0 Å². The van der Waals surface area contributed by atoms with Crippen LogP contribution in [0.1, 0.15) is 32.1 Å². The van der Waals surface area contributed by atoms with Crippen molar-refractivity contribution in [3.05, 3.63) is 22.7 Å². The molecular weight excluding hydrogens is 294 g/mol. The number of hydrogen-bond acceptors (Lipinski definition) is 2. The van der Waals surface area contributed by atoms with Gasteiger partial charge in [-0.25, -0.2) is 0 Å². The minimum Gasteiger partial charge on any atom is -0.495 e. The molecule has 0 aromatic heterocycles. The number of halogens is 1. The SMILES string of the molecule is COc1ccc(Br)cc1NC(=O)CC1CCCC1. The fraction of sp³-hybridized carbons (Fsp3) is 0.500. The van der Waals surface area contributed by atoms with Crippen molar-refractivity contribution in [2.75, 3.05) is 12.4 Å². The summed E-state index contributed by atoms with van der Waals surface area (Å²) in [4.78, 5) is 12.0. The number of amides is 1. The van der Waals surface area contributed by atoms with Gasteiger partial charge in [0.2, 0.25) is 5.91 Å². The Bertz CT molecular complexity index is 428. The van der Waals surface area contributed by atoms with Crippen molar-refractivity contribution in [1.82, 2.24) is 0 Å². The highest BCUT2D eigenvalue weighted by Gasteiger charge is 2.19. The van der Waals surface area contributed by atoms with E-state index < -0.39 is 0 Å². The number of nitrogens with one attached hydrogen (secondary N) is 1. The third kappa shape index (κ3) is 3.48. The van der Waals surface area contributed by atoms with Gasteiger partial charge in [-0.15, -0.1) is 0 Å². The molecule has 0 saturated heterocycles. The Kier molecular flexibility index (Phi) is 4.64. The molecule has 1 saturated carbocycles. The molecule has 1 amide bonds. The summed E-state index contributed by atoms with van der Waals surface area (Å²) < 4.78 is 6.17. The zero-order valence-electron chi connectivity index (χ0n) is 10.5. The second kappa shape index (κ2) is 6.23. The van der Waals surface area contributed by atoms with Crippen LogP contribution in [0, 0.1) is 5.92 Å². The molecule has 1 N–H and O–H groups in total. The van der Waals surface area contributed by atoms with Gasteiger partial charge in [-0.2, -0.15) is 0 Å². The maximum absolute atomic E-state index is 12.0. The van der Waals surface area contributed by atoms with E-state index in [0.717, 1.165) is 10.2 Å². The molecule has 98 valence electrons. The molecule has 1 aliphatic carbocycles. The molecule has 0 unspecified atom stereocenters. The molecule has 1 aromatic carbocycles. The molecule has 1 aliphatic rings. The van der Waals surface area contributed by atoms with E-state index >= 15 is 0 Å². The molecule has 4 heteroatoms. The Morgan fingerprint density at radius 3 is 2.83 bits per heavy atom. The highest BCUT2D eigenvalue weighted by molar-refractivity contribution is 9.10. The van der Waals surface area contributed by atoms with E-state index in [4.69, 9.17) is 4.74 Å². The van der Waals surface area contributed by atoms with Gasteiger partial charge in [0.1, 0.15) is 5.75 Å². The zero-order chi connectivity index (χ0) is 13.0. The van der Waals surface area contributed by atoms with Crippen LogP contribution < -0.4 is 10.1 Å². The van der Waals surface area contributed by atoms with Crippen LogP contribution in [0.25, 0.3) is 0 Å². The van der Waals surface area contributed by atoms with Crippen LogP contribution in [0.3, 0.4) is 0 Å². The highest BCUT2D eigenvalue weighted by atomic mass is 79.9. The summed E-state index contributed by atoms with van der Waals surface area (Å²) in [7, 11) is 1.61. The fourth-order valence-electron chi connectivity index (χ4n) is 2.46. The normalized spacial score (nSPS) is 15.7. The largest absolute Gasteiger partial charge is 0.495 e. The quantitative estimate of drug-likeness (QED) is 0.913. The van der Waals surface area contributed by atoms with Crippen molar-refractivity contribution in [3.63, 3.8) is 0 Å². The molecule has 3 nitrogen and oxygen atoms in total. The molecule has 2 rings (SSSR count). The van der Waals surface area contributed by atoms with E-state index in [1.165, 1.54) is 25.7 Å². The predicted octanol–water partition coefficient (Wildman–Crippen LogP) is 3.98. The van der Waals surface area contributed by atoms with Gasteiger partial charge in [0, 0.05) is 10.9 Å².